The number of aromatic nitrogens is 4. The van der Waals surface area contributed by atoms with Gasteiger partial charge in [0.25, 0.3) is 0 Å². The molecule has 8 aromatic carbocycles. The molecular weight excluding hydrogens is 717 g/mol. The zero-order valence-corrected chi connectivity index (χ0v) is 31.2. The lowest BCUT2D eigenvalue weighted by Crippen LogP contribution is -2.00. The predicted octanol–water partition coefficient (Wildman–Crippen LogP) is 13.9. The lowest BCUT2D eigenvalue weighted by atomic mass is 9.99. The fraction of sp³-hybridized carbons (Fsp3) is 0. The van der Waals surface area contributed by atoms with Gasteiger partial charge in [-0.2, -0.15) is 0 Å². The normalized spacial score (nSPS) is 11.9. The average Bonchev–Trinajstić information content (AvgIpc) is 3.95. The number of thiophene rings is 1. The molecule has 0 aliphatic heterocycles. The summed E-state index contributed by atoms with van der Waals surface area (Å²) >= 11 is 1.80. The van der Waals surface area contributed by atoms with Crippen LogP contribution in [0, 0.1) is 0 Å². The first-order chi connectivity index (χ1) is 28.2. The lowest BCUT2D eigenvalue weighted by Gasteiger charge is -2.09. The van der Waals surface area contributed by atoms with Crippen molar-refractivity contribution in [3.8, 4) is 51.0 Å². The van der Waals surface area contributed by atoms with E-state index in [9.17, 15) is 0 Å². The molecule has 0 radical (unpaired) electrons. The van der Waals surface area contributed by atoms with Crippen molar-refractivity contribution < 1.29 is 4.42 Å². The fourth-order valence-corrected chi connectivity index (χ4v) is 9.59. The largest absolute Gasteiger partial charge is 0.456 e. The monoisotopic (exact) mass is 746 g/mol. The molecule has 0 amide bonds. The van der Waals surface area contributed by atoms with Crippen LogP contribution in [0.15, 0.2) is 186 Å². The van der Waals surface area contributed by atoms with Gasteiger partial charge in [0.05, 0.1) is 11.0 Å². The summed E-state index contributed by atoms with van der Waals surface area (Å²) in [5.41, 5.74) is 10.2. The van der Waals surface area contributed by atoms with E-state index in [1.54, 1.807) is 11.3 Å². The first-order valence-corrected chi connectivity index (χ1v) is 19.8. The standard InChI is InChI=1S/C51H30N4OS/c1-3-12-31(13-4-1)36-18-11-21-46-48(36)41-26-23-34(29-47(41)57-46)51-53-49(32-14-5-2-6-15-32)52-50(54-51)33-22-25-39-40-27-24-35(30-45(40)56-44(39)28-33)55-42-19-9-7-16-37(42)38-17-8-10-20-43(38)55/h1-30H. The van der Waals surface area contributed by atoms with Crippen molar-refractivity contribution in [2.24, 2.45) is 0 Å². The Kier molecular flexibility index (Phi) is 7.03. The lowest BCUT2D eigenvalue weighted by molar-refractivity contribution is 0.668. The molecule has 0 bridgehead atoms. The van der Waals surface area contributed by atoms with Crippen molar-refractivity contribution in [1.82, 2.24) is 19.5 Å². The molecule has 6 heteroatoms. The second-order valence-electron chi connectivity index (χ2n) is 14.4. The summed E-state index contributed by atoms with van der Waals surface area (Å²) in [6.07, 6.45) is 0. The Hall–Kier alpha value is -7.41. The van der Waals surface area contributed by atoms with Gasteiger partial charge in [0.15, 0.2) is 17.5 Å². The fourth-order valence-electron chi connectivity index (χ4n) is 8.42. The third kappa shape index (κ3) is 5.12. The van der Waals surface area contributed by atoms with Crippen LogP contribution in [0.5, 0.6) is 0 Å². The van der Waals surface area contributed by atoms with E-state index >= 15 is 0 Å². The number of furan rings is 1. The summed E-state index contributed by atoms with van der Waals surface area (Å²) in [5.74, 6) is 1.84. The highest BCUT2D eigenvalue weighted by atomic mass is 32.1. The molecule has 57 heavy (non-hydrogen) atoms. The van der Waals surface area contributed by atoms with Gasteiger partial charge in [0, 0.05) is 70.2 Å². The van der Waals surface area contributed by atoms with Gasteiger partial charge in [-0.15, -0.1) is 11.3 Å². The Labute approximate surface area is 330 Å². The molecule has 0 spiro atoms. The molecule has 0 atom stereocenters. The number of rotatable bonds is 5. The third-order valence-electron chi connectivity index (χ3n) is 11.1. The highest BCUT2D eigenvalue weighted by molar-refractivity contribution is 7.26. The second-order valence-corrected chi connectivity index (χ2v) is 15.5. The zero-order chi connectivity index (χ0) is 37.5. The number of benzene rings is 8. The van der Waals surface area contributed by atoms with Gasteiger partial charge in [-0.3, -0.25) is 0 Å². The van der Waals surface area contributed by atoms with E-state index in [0.29, 0.717) is 17.5 Å². The van der Waals surface area contributed by atoms with Crippen LogP contribution < -0.4 is 0 Å². The quantitative estimate of drug-likeness (QED) is 0.176. The van der Waals surface area contributed by atoms with E-state index in [-0.39, 0.29) is 0 Å². The summed E-state index contributed by atoms with van der Waals surface area (Å²) < 4.78 is 11.4. The maximum Gasteiger partial charge on any atom is 0.164 e. The summed E-state index contributed by atoms with van der Waals surface area (Å²) in [6.45, 7) is 0. The van der Waals surface area contributed by atoms with Crippen LogP contribution in [0.2, 0.25) is 0 Å². The van der Waals surface area contributed by atoms with Crippen LogP contribution in [0.3, 0.4) is 0 Å². The van der Waals surface area contributed by atoms with Crippen molar-refractivity contribution in [2.45, 2.75) is 0 Å². The van der Waals surface area contributed by atoms with Crippen LogP contribution in [0.1, 0.15) is 0 Å². The summed E-state index contributed by atoms with van der Waals surface area (Å²) in [5, 5.41) is 7.08. The molecule has 4 heterocycles. The van der Waals surface area contributed by atoms with E-state index in [1.807, 2.05) is 30.3 Å². The first kappa shape index (κ1) is 31.9. The van der Waals surface area contributed by atoms with Gasteiger partial charge >= 0.3 is 0 Å². The molecule has 0 unspecified atom stereocenters. The molecular formula is C51H30N4OS. The molecule has 0 aliphatic carbocycles. The summed E-state index contributed by atoms with van der Waals surface area (Å²) in [7, 11) is 0. The molecule has 0 saturated carbocycles. The average molecular weight is 747 g/mol. The number of hydrogen-bond donors (Lipinski definition) is 0. The van der Waals surface area contributed by atoms with Crippen LogP contribution >= 0.6 is 11.3 Å². The number of fused-ring (bicyclic) bond motifs is 9. The first-order valence-electron chi connectivity index (χ1n) is 19.0. The van der Waals surface area contributed by atoms with Crippen molar-refractivity contribution in [2.75, 3.05) is 0 Å². The molecule has 0 aliphatic rings. The molecule has 0 N–H and O–H groups in total. The number of nitrogens with zero attached hydrogens (tertiary/aromatic N) is 4. The van der Waals surface area contributed by atoms with Crippen molar-refractivity contribution in [1.29, 1.82) is 0 Å². The Morgan fingerprint density at radius 3 is 1.65 bits per heavy atom. The Balaban J connectivity index is 0.985. The Bertz CT molecular complexity index is 3470. The minimum absolute atomic E-state index is 0.593. The maximum absolute atomic E-state index is 6.64. The number of para-hydroxylation sites is 2. The van der Waals surface area contributed by atoms with Crippen LogP contribution in [0.25, 0.3) is 115 Å². The smallest absolute Gasteiger partial charge is 0.164 e. The van der Waals surface area contributed by atoms with E-state index in [4.69, 9.17) is 19.4 Å². The predicted molar refractivity (Wildman–Crippen MR) is 236 cm³/mol. The summed E-state index contributed by atoms with van der Waals surface area (Å²) in [4.78, 5) is 15.2. The molecule has 12 aromatic rings. The van der Waals surface area contributed by atoms with Gasteiger partial charge in [-0.05, 0) is 59.7 Å². The Morgan fingerprint density at radius 2 is 0.947 bits per heavy atom. The van der Waals surface area contributed by atoms with E-state index in [1.165, 1.54) is 53.1 Å². The second kappa shape index (κ2) is 12.6. The minimum Gasteiger partial charge on any atom is -0.456 e. The number of hydrogen-bond acceptors (Lipinski definition) is 5. The Morgan fingerprint density at radius 1 is 0.386 bits per heavy atom. The van der Waals surface area contributed by atoms with E-state index in [0.717, 1.165) is 44.3 Å². The van der Waals surface area contributed by atoms with Gasteiger partial charge in [0.1, 0.15) is 11.2 Å². The van der Waals surface area contributed by atoms with Gasteiger partial charge in [-0.1, -0.05) is 127 Å². The van der Waals surface area contributed by atoms with Crippen molar-refractivity contribution in [3.05, 3.63) is 182 Å². The molecule has 266 valence electrons. The maximum atomic E-state index is 6.64. The topological polar surface area (TPSA) is 56.7 Å². The molecule has 12 rings (SSSR count). The zero-order valence-electron chi connectivity index (χ0n) is 30.4. The summed E-state index contributed by atoms with van der Waals surface area (Å²) in [6, 6.07) is 63.8. The highest BCUT2D eigenvalue weighted by Gasteiger charge is 2.18. The van der Waals surface area contributed by atoms with Crippen molar-refractivity contribution >= 4 is 75.3 Å². The third-order valence-corrected chi connectivity index (χ3v) is 12.2. The van der Waals surface area contributed by atoms with Gasteiger partial charge < -0.3 is 8.98 Å². The SMILES string of the molecule is c1ccc(-c2nc(-c3ccc4c(c3)oc3cc(-n5c6ccccc6c6ccccc65)ccc34)nc(-c3ccc4c(c3)sc3cccc(-c5ccccc5)c34)n2)cc1. The highest BCUT2D eigenvalue weighted by Crippen LogP contribution is 2.42. The molecule has 4 aromatic heterocycles. The van der Waals surface area contributed by atoms with Crippen LogP contribution in [-0.4, -0.2) is 19.5 Å². The van der Waals surface area contributed by atoms with Crippen molar-refractivity contribution in [3.63, 3.8) is 0 Å². The van der Waals surface area contributed by atoms with Crippen LogP contribution in [0.4, 0.5) is 0 Å². The van der Waals surface area contributed by atoms with E-state index < -0.39 is 0 Å². The minimum atomic E-state index is 0.593. The molecule has 5 nitrogen and oxygen atoms in total. The van der Waals surface area contributed by atoms with Crippen LogP contribution in [-0.2, 0) is 0 Å². The molecule has 0 fully saturated rings. The van der Waals surface area contributed by atoms with Gasteiger partial charge in [0.2, 0.25) is 0 Å². The van der Waals surface area contributed by atoms with Gasteiger partial charge in [-0.25, -0.2) is 15.0 Å². The molecule has 0 saturated heterocycles. The van der Waals surface area contributed by atoms with E-state index in [2.05, 4.69) is 156 Å².